The number of primary amides is 1. The third-order valence-corrected chi connectivity index (χ3v) is 3.25. The molecular formula is C18H14ClN3O3. The third kappa shape index (κ3) is 5.68. The molecule has 0 fully saturated rings. The fraction of sp³-hybridized carbons (Fsp3) is 0.0556. The van der Waals surface area contributed by atoms with Crippen molar-refractivity contribution in [1.82, 2.24) is 0 Å². The highest BCUT2D eigenvalue weighted by Crippen LogP contribution is 2.17. The van der Waals surface area contributed by atoms with E-state index in [2.05, 4.69) is 5.32 Å². The number of anilines is 1. The number of nitrogens with zero attached hydrogens (tertiary/aromatic N) is 1. The lowest BCUT2D eigenvalue weighted by molar-refractivity contribution is -0.120. The van der Waals surface area contributed by atoms with Gasteiger partial charge in [0, 0.05) is 10.7 Å². The summed E-state index contributed by atoms with van der Waals surface area (Å²) in [5.41, 5.74) is 6.06. The monoisotopic (exact) mass is 355 g/mol. The molecule has 3 N–H and O–H groups in total. The minimum Gasteiger partial charge on any atom is -0.484 e. The number of ether oxygens (including phenoxy) is 1. The summed E-state index contributed by atoms with van der Waals surface area (Å²) < 4.78 is 5.14. The SMILES string of the molecule is N#C/C(=C\c1ccc(OCC(N)=O)cc1)C(=O)Nc1cccc(Cl)c1. The van der Waals surface area contributed by atoms with Crippen molar-refractivity contribution in [2.45, 2.75) is 0 Å². The second kappa shape index (κ2) is 8.52. The van der Waals surface area contributed by atoms with Crippen LogP contribution in [0.15, 0.2) is 54.1 Å². The largest absolute Gasteiger partial charge is 0.484 e. The first-order valence-corrected chi connectivity index (χ1v) is 7.55. The van der Waals surface area contributed by atoms with E-state index in [9.17, 15) is 14.9 Å². The number of halogens is 1. The summed E-state index contributed by atoms with van der Waals surface area (Å²) in [7, 11) is 0. The molecule has 0 aliphatic rings. The Hall–Kier alpha value is -3.30. The first kappa shape index (κ1) is 18.0. The van der Waals surface area contributed by atoms with E-state index in [1.807, 2.05) is 6.07 Å². The maximum Gasteiger partial charge on any atom is 0.266 e. The van der Waals surface area contributed by atoms with Gasteiger partial charge in [0.1, 0.15) is 17.4 Å². The van der Waals surface area contributed by atoms with Crippen molar-refractivity contribution in [3.05, 3.63) is 64.7 Å². The van der Waals surface area contributed by atoms with Crippen LogP contribution in [0.4, 0.5) is 5.69 Å². The number of benzene rings is 2. The molecule has 2 amide bonds. The van der Waals surface area contributed by atoms with Gasteiger partial charge in [0.25, 0.3) is 11.8 Å². The van der Waals surface area contributed by atoms with E-state index in [0.29, 0.717) is 22.0 Å². The van der Waals surface area contributed by atoms with Crippen LogP contribution in [0.1, 0.15) is 5.56 Å². The van der Waals surface area contributed by atoms with Gasteiger partial charge in [-0.25, -0.2) is 0 Å². The molecule has 0 bridgehead atoms. The van der Waals surface area contributed by atoms with Crippen molar-refractivity contribution in [2.24, 2.45) is 5.73 Å². The van der Waals surface area contributed by atoms with Crippen LogP contribution >= 0.6 is 11.6 Å². The van der Waals surface area contributed by atoms with Gasteiger partial charge in [-0.2, -0.15) is 5.26 Å². The van der Waals surface area contributed by atoms with Crippen LogP contribution in [0.5, 0.6) is 5.75 Å². The summed E-state index contributed by atoms with van der Waals surface area (Å²) in [5, 5.41) is 12.3. The molecule has 0 aromatic heterocycles. The molecule has 6 nitrogen and oxygen atoms in total. The Bertz CT molecular complexity index is 855. The average molecular weight is 356 g/mol. The van der Waals surface area contributed by atoms with Gasteiger partial charge in [0.2, 0.25) is 0 Å². The lowest BCUT2D eigenvalue weighted by Gasteiger charge is -2.05. The maximum atomic E-state index is 12.2. The van der Waals surface area contributed by atoms with E-state index >= 15 is 0 Å². The summed E-state index contributed by atoms with van der Waals surface area (Å²) in [6.07, 6.45) is 1.44. The lowest BCUT2D eigenvalue weighted by Crippen LogP contribution is -2.19. The predicted molar refractivity (Wildman–Crippen MR) is 94.8 cm³/mol. The number of nitrogens with two attached hydrogens (primary N) is 1. The molecule has 0 unspecified atom stereocenters. The van der Waals surface area contributed by atoms with Crippen molar-refractivity contribution < 1.29 is 14.3 Å². The first-order chi connectivity index (χ1) is 12.0. The molecule has 0 radical (unpaired) electrons. The van der Waals surface area contributed by atoms with Gasteiger partial charge >= 0.3 is 0 Å². The van der Waals surface area contributed by atoms with Crippen LogP contribution in [-0.4, -0.2) is 18.4 Å². The number of nitrogens with one attached hydrogen (secondary N) is 1. The second-order valence-electron chi connectivity index (χ2n) is 4.96. The van der Waals surface area contributed by atoms with Crippen molar-refractivity contribution >= 4 is 35.2 Å². The Balaban J connectivity index is 2.09. The van der Waals surface area contributed by atoms with Crippen LogP contribution in [0.3, 0.4) is 0 Å². The molecule has 126 valence electrons. The van der Waals surface area contributed by atoms with E-state index < -0.39 is 11.8 Å². The fourth-order valence-corrected chi connectivity index (χ4v) is 2.08. The minimum absolute atomic E-state index is 0.0641. The quantitative estimate of drug-likeness (QED) is 0.613. The number of rotatable bonds is 6. The lowest BCUT2D eigenvalue weighted by atomic mass is 10.1. The van der Waals surface area contributed by atoms with Crippen LogP contribution in [0, 0.1) is 11.3 Å². The first-order valence-electron chi connectivity index (χ1n) is 7.18. The highest BCUT2D eigenvalue weighted by Gasteiger charge is 2.10. The summed E-state index contributed by atoms with van der Waals surface area (Å²) >= 11 is 5.86. The molecule has 0 spiro atoms. The average Bonchev–Trinajstić information content (AvgIpc) is 2.58. The fourth-order valence-electron chi connectivity index (χ4n) is 1.89. The molecule has 2 rings (SSSR count). The summed E-state index contributed by atoms with van der Waals surface area (Å²) in [6.45, 7) is -0.222. The van der Waals surface area contributed by atoms with Gasteiger partial charge < -0.3 is 15.8 Å². The standard InChI is InChI=1S/C18H14ClN3O3/c19-14-2-1-3-15(9-14)22-18(24)13(10-20)8-12-4-6-16(7-5-12)25-11-17(21)23/h1-9H,11H2,(H2,21,23)(H,22,24)/b13-8+. The van der Waals surface area contributed by atoms with Gasteiger partial charge in [-0.15, -0.1) is 0 Å². The number of carbonyl (C=O) groups excluding carboxylic acids is 2. The summed E-state index contributed by atoms with van der Waals surface area (Å²) in [4.78, 5) is 22.9. The molecule has 0 aliphatic heterocycles. The molecule has 0 saturated carbocycles. The Morgan fingerprint density at radius 3 is 2.56 bits per heavy atom. The zero-order valence-electron chi connectivity index (χ0n) is 13.0. The second-order valence-corrected chi connectivity index (χ2v) is 5.39. The van der Waals surface area contributed by atoms with Gasteiger partial charge in [0.05, 0.1) is 0 Å². The highest BCUT2D eigenvalue weighted by atomic mass is 35.5. The van der Waals surface area contributed by atoms with Crippen molar-refractivity contribution in [3.8, 4) is 11.8 Å². The van der Waals surface area contributed by atoms with Gasteiger partial charge in [-0.1, -0.05) is 29.8 Å². The molecular weight excluding hydrogens is 342 g/mol. The molecule has 0 heterocycles. The molecule has 2 aromatic carbocycles. The molecule has 2 aromatic rings. The Morgan fingerprint density at radius 1 is 1.24 bits per heavy atom. The Labute approximate surface area is 149 Å². The van der Waals surface area contributed by atoms with Crippen molar-refractivity contribution in [1.29, 1.82) is 5.26 Å². The summed E-state index contributed by atoms with van der Waals surface area (Å²) in [6, 6.07) is 15.0. The zero-order chi connectivity index (χ0) is 18.2. The van der Waals surface area contributed by atoms with Crippen LogP contribution in [0.2, 0.25) is 5.02 Å². The normalized spacial score (nSPS) is 10.6. The maximum absolute atomic E-state index is 12.2. The molecule has 7 heteroatoms. The third-order valence-electron chi connectivity index (χ3n) is 3.02. The van der Waals surface area contributed by atoms with Gasteiger partial charge in [-0.05, 0) is 42.0 Å². The molecule has 0 saturated heterocycles. The Kier molecular flexibility index (Phi) is 6.15. The minimum atomic E-state index is -0.576. The van der Waals surface area contributed by atoms with E-state index in [1.165, 1.54) is 6.08 Å². The number of carbonyl (C=O) groups is 2. The van der Waals surface area contributed by atoms with E-state index in [0.717, 1.165) is 0 Å². The van der Waals surface area contributed by atoms with E-state index in [4.69, 9.17) is 22.1 Å². The number of hydrogen-bond acceptors (Lipinski definition) is 4. The Morgan fingerprint density at radius 2 is 1.96 bits per heavy atom. The van der Waals surface area contributed by atoms with Crippen LogP contribution < -0.4 is 15.8 Å². The topological polar surface area (TPSA) is 105 Å². The summed E-state index contributed by atoms with van der Waals surface area (Å²) in [5.74, 6) is -0.662. The van der Waals surface area contributed by atoms with Gasteiger partial charge in [0.15, 0.2) is 6.61 Å². The van der Waals surface area contributed by atoms with Crippen LogP contribution in [-0.2, 0) is 9.59 Å². The number of amides is 2. The zero-order valence-corrected chi connectivity index (χ0v) is 13.8. The van der Waals surface area contributed by atoms with Gasteiger partial charge in [-0.3, -0.25) is 9.59 Å². The molecule has 0 atom stereocenters. The number of nitriles is 1. The smallest absolute Gasteiger partial charge is 0.266 e. The highest BCUT2D eigenvalue weighted by molar-refractivity contribution is 6.31. The number of hydrogen-bond donors (Lipinski definition) is 2. The van der Waals surface area contributed by atoms with Crippen molar-refractivity contribution in [2.75, 3.05) is 11.9 Å². The molecule has 25 heavy (non-hydrogen) atoms. The van der Waals surface area contributed by atoms with Crippen molar-refractivity contribution in [3.63, 3.8) is 0 Å². The van der Waals surface area contributed by atoms with E-state index in [1.54, 1.807) is 48.5 Å². The van der Waals surface area contributed by atoms with E-state index in [-0.39, 0.29) is 12.2 Å². The van der Waals surface area contributed by atoms with Crippen LogP contribution in [0.25, 0.3) is 6.08 Å². The predicted octanol–water partition coefficient (Wildman–Crippen LogP) is 2.75. The molecule has 0 aliphatic carbocycles.